The lowest BCUT2D eigenvalue weighted by Gasteiger charge is -2.34. The first kappa shape index (κ1) is 14.0. The van der Waals surface area contributed by atoms with E-state index in [9.17, 15) is 15.4 Å². The van der Waals surface area contributed by atoms with E-state index in [0.29, 0.717) is 5.56 Å². The maximum Gasteiger partial charge on any atom is 0.269 e. The molecule has 6 nitrogen and oxygen atoms in total. The van der Waals surface area contributed by atoms with Crippen molar-refractivity contribution in [2.45, 2.75) is 38.8 Å². The molecule has 0 aliphatic carbocycles. The minimum absolute atomic E-state index is 0.0193. The highest BCUT2D eigenvalue weighted by Crippen LogP contribution is 2.35. The fraction of sp³-hybridized carbons (Fsp3) is 0.429. The number of benzene rings is 1. The molecule has 0 amide bonds. The van der Waals surface area contributed by atoms with Crippen LogP contribution in [0.3, 0.4) is 0 Å². The number of non-ortho nitro benzene ring substituents is 1. The van der Waals surface area contributed by atoms with Crippen molar-refractivity contribution in [3.8, 4) is 6.07 Å². The van der Waals surface area contributed by atoms with Crippen LogP contribution in [0.4, 0.5) is 5.69 Å². The molecule has 0 N–H and O–H groups in total. The normalized spacial score (nSPS) is 18.3. The Kier molecular flexibility index (Phi) is 3.45. The van der Waals surface area contributed by atoms with Gasteiger partial charge in [-0.15, -0.1) is 0 Å². The Morgan fingerprint density at radius 2 is 2.05 bits per heavy atom. The number of nitro benzene ring substituents is 1. The Morgan fingerprint density at radius 3 is 2.45 bits per heavy atom. The predicted octanol–water partition coefficient (Wildman–Crippen LogP) is 3.02. The van der Waals surface area contributed by atoms with Crippen molar-refractivity contribution in [1.82, 2.24) is 5.01 Å². The lowest BCUT2D eigenvalue weighted by molar-refractivity contribution is -0.384. The maximum atomic E-state index is 10.7. The van der Waals surface area contributed by atoms with E-state index >= 15 is 0 Å². The Morgan fingerprint density at radius 1 is 1.45 bits per heavy atom. The Balaban J connectivity index is 2.34. The molecule has 0 radical (unpaired) electrons. The topological polar surface area (TPSA) is 82.5 Å². The Labute approximate surface area is 117 Å². The zero-order chi connectivity index (χ0) is 14.9. The van der Waals surface area contributed by atoms with Crippen LogP contribution in [0.25, 0.3) is 0 Å². The average molecular weight is 272 g/mol. The second-order valence-corrected chi connectivity index (χ2v) is 5.55. The summed E-state index contributed by atoms with van der Waals surface area (Å²) in [5, 5.41) is 26.3. The summed E-state index contributed by atoms with van der Waals surface area (Å²) in [6, 6.07) is 7.76. The van der Waals surface area contributed by atoms with E-state index in [4.69, 9.17) is 0 Å². The number of hydrogen-bond donors (Lipinski definition) is 0. The molecule has 0 bridgehead atoms. The van der Waals surface area contributed by atoms with Gasteiger partial charge < -0.3 is 0 Å². The van der Waals surface area contributed by atoms with E-state index in [1.807, 2.05) is 20.8 Å². The molecule has 1 aliphatic heterocycles. The highest BCUT2D eigenvalue weighted by atomic mass is 16.6. The molecule has 1 atom stereocenters. The second-order valence-electron chi connectivity index (χ2n) is 5.55. The summed E-state index contributed by atoms with van der Waals surface area (Å²) in [7, 11) is 0. The standard InChI is InChI=1S/C14H16N4O2/c1-10-8-14(2,3)17(16-10)13(9-15)11-4-6-12(7-5-11)18(19)20/h4-7,13H,8H2,1-3H3/t13-/m0/s1. The van der Waals surface area contributed by atoms with Crippen LogP contribution in [0.15, 0.2) is 29.4 Å². The largest absolute Gasteiger partial charge is 0.269 e. The van der Waals surface area contributed by atoms with Crippen molar-refractivity contribution in [1.29, 1.82) is 5.26 Å². The molecule has 20 heavy (non-hydrogen) atoms. The minimum Gasteiger partial charge on any atom is -0.269 e. The molecule has 0 aromatic heterocycles. The van der Waals surface area contributed by atoms with E-state index in [1.54, 1.807) is 17.1 Å². The van der Waals surface area contributed by atoms with E-state index in [1.165, 1.54) is 12.1 Å². The van der Waals surface area contributed by atoms with E-state index < -0.39 is 11.0 Å². The summed E-state index contributed by atoms with van der Waals surface area (Å²) in [6.07, 6.45) is 0.804. The number of nitriles is 1. The zero-order valence-corrected chi connectivity index (χ0v) is 11.7. The highest BCUT2D eigenvalue weighted by Gasteiger charge is 2.37. The summed E-state index contributed by atoms with van der Waals surface area (Å²) in [4.78, 5) is 10.2. The predicted molar refractivity (Wildman–Crippen MR) is 75.1 cm³/mol. The monoisotopic (exact) mass is 272 g/mol. The fourth-order valence-corrected chi connectivity index (χ4v) is 2.52. The van der Waals surface area contributed by atoms with Gasteiger partial charge in [0.15, 0.2) is 6.04 Å². The van der Waals surface area contributed by atoms with Gasteiger partial charge in [0.05, 0.1) is 16.5 Å². The van der Waals surface area contributed by atoms with Gasteiger partial charge in [-0.05, 0) is 38.5 Å². The summed E-state index contributed by atoms with van der Waals surface area (Å²) in [5.41, 5.74) is 1.49. The lowest BCUT2D eigenvalue weighted by atomic mass is 9.96. The van der Waals surface area contributed by atoms with E-state index in [-0.39, 0.29) is 11.2 Å². The van der Waals surface area contributed by atoms with Crippen LogP contribution in [-0.2, 0) is 0 Å². The van der Waals surface area contributed by atoms with Crippen molar-refractivity contribution in [3.63, 3.8) is 0 Å². The van der Waals surface area contributed by atoms with Crippen LogP contribution >= 0.6 is 0 Å². The molecule has 0 unspecified atom stereocenters. The molecular weight excluding hydrogens is 256 g/mol. The lowest BCUT2D eigenvalue weighted by Crippen LogP contribution is -2.38. The third kappa shape index (κ3) is 2.48. The third-order valence-electron chi connectivity index (χ3n) is 3.37. The van der Waals surface area contributed by atoms with Gasteiger partial charge in [-0.3, -0.25) is 15.1 Å². The molecule has 1 aromatic rings. The van der Waals surface area contributed by atoms with Gasteiger partial charge in [0.25, 0.3) is 5.69 Å². The van der Waals surface area contributed by atoms with Crippen LogP contribution in [0.2, 0.25) is 0 Å². The maximum absolute atomic E-state index is 10.7. The Bertz CT molecular complexity index is 599. The first-order chi connectivity index (χ1) is 9.35. The molecule has 2 rings (SSSR count). The van der Waals surface area contributed by atoms with Gasteiger partial charge in [-0.1, -0.05) is 0 Å². The van der Waals surface area contributed by atoms with E-state index in [0.717, 1.165) is 12.1 Å². The number of hydrogen-bond acceptors (Lipinski definition) is 5. The summed E-state index contributed by atoms with van der Waals surface area (Å²) < 4.78 is 0. The molecular formula is C14H16N4O2. The van der Waals surface area contributed by atoms with Crippen molar-refractivity contribution >= 4 is 11.4 Å². The molecule has 0 saturated carbocycles. The number of rotatable bonds is 3. The molecule has 0 fully saturated rings. The number of nitro groups is 1. The van der Waals surface area contributed by atoms with Crippen molar-refractivity contribution in [3.05, 3.63) is 39.9 Å². The first-order valence-electron chi connectivity index (χ1n) is 6.32. The number of nitrogens with zero attached hydrogens (tertiary/aromatic N) is 4. The van der Waals surface area contributed by atoms with Gasteiger partial charge in [0, 0.05) is 24.3 Å². The fourth-order valence-electron chi connectivity index (χ4n) is 2.52. The smallest absolute Gasteiger partial charge is 0.269 e. The SMILES string of the molecule is CC1=NN([C@@H](C#N)c2ccc([N+](=O)[O-])cc2)C(C)(C)C1. The van der Waals surface area contributed by atoms with Gasteiger partial charge in [-0.2, -0.15) is 10.4 Å². The van der Waals surface area contributed by atoms with Crippen molar-refractivity contribution < 1.29 is 4.92 Å². The van der Waals surface area contributed by atoms with E-state index in [2.05, 4.69) is 11.2 Å². The summed E-state index contributed by atoms with van der Waals surface area (Å²) in [5.74, 6) is 0. The molecule has 1 heterocycles. The molecule has 6 heteroatoms. The molecule has 104 valence electrons. The third-order valence-corrected chi connectivity index (χ3v) is 3.37. The van der Waals surface area contributed by atoms with Gasteiger partial charge in [0.1, 0.15) is 0 Å². The van der Waals surface area contributed by atoms with Crippen LogP contribution in [0.1, 0.15) is 38.8 Å². The first-order valence-corrected chi connectivity index (χ1v) is 6.32. The van der Waals surface area contributed by atoms with Crippen LogP contribution in [-0.4, -0.2) is 21.2 Å². The van der Waals surface area contributed by atoms with Crippen molar-refractivity contribution in [2.75, 3.05) is 0 Å². The second kappa shape index (κ2) is 4.93. The average Bonchev–Trinajstić information content (AvgIpc) is 2.64. The van der Waals surface area contributed by atoms with Crippen LogP contribution in [0, 0.1) is 21.4 Å². The minimum atomic E-state index is -0.539. The Hall–Kier alpha value is -2.42. The quantitative estimate of drug-likeness (QED) is 0.625. The van der Waals surface area contributed by atoms with Gasteiger partial charge in [0.2, 0.25) is 0 Å². The van der Waals surface area contributed by atoms with Crippen LogP contribution in [0.5, 0.6) is 0 Å². The van der Waals surface area contributed by atoms with Gasteiger partial charge >= 0.3 is 0 Å². The molecule has 1 aliphatic rings. The highest BCUT2D eigenvalue weighted by molar-refractivity contribution is 5.84. The number of hydrazone groups is 1. The van der Waals surface area contributed by atoms with Crippen LogP contribution < -0.4 is 0 Å². The summed E-state index contributed by atoms with van der Waals surface area (Å²) >= 11 is 0. The molecule has 0 saturated heterocycles. The molecule has 0 spiro atoms. The van der Waals surface area contributed by atoms with Gasteiger partial charge in [-0.25, -0.2) is 0 Å². The molecule has 1 aromatic carbocycles. The van der Waals surface area contributed by atoms with Crippen molar-refractivity contribution in [2.24, 2.45) is 5.10 Å². The zero-order valence-electron chi connectivity index (χ0n) is 11.7. The summed E-state index contributed by atoms with van der Waals surface area (Å²) in [6.45, 7) is 6.00.